The first-order valence-corrected chi connectivity index (χ1v) is 11.0. The molecule has 0 saturated carbocycles. The average Bonchev–Trinajstić information content (AvgIpc) is 3.36. The third-order valence-corrected chi connectivity index (χ3v) is 6.19. The molecule has 182 valence electrons. The minimum absolute atomic E-state index is 0.0587. The number of hydrogen-bond acceptors (Lipinski definition) is 6. The van der Waals surface area contributed by atoms with E-state index < -0.39 is 42.0 Å². The Labute approximate surface area is 197 Å². The Balaban J connectivity index is 1.32. The molecule has 0 radical (unpaired) electrons. The molecular weight excluding hydrogens is 465 g/mol. The highest BCUT2D eigenvalue weighted by Gasteiger charge is 2.46. The molecule has 5 rings (SSSR count). The molecule has 0 spiro atoms. The second kappa shape index (κ2) is 8.38. The predicted octanol–water partition coefficient (Wildman–Crippen LogP) is 2.91. The Morgan fingerprint density at radius 3 is 2.66 bits per heavy atom. The Kier molecular flexibility index (Phi) is 5.47. The second-order valence-corrected chi connectivity index (χ2v) is 8.61. The molecule has 3 aromatic rings. The lowest BCUT2D eigenvalue weighted by Crippen LogP contribution is -2.48. The first kappa shape index (κ1) is 22.8. The van der Waals surface area contributed by atoms with Crippen LogP contribution >= 0.6 is 0 Å². The van der Waals surface area contributed by atoms with Crippen LogP contribution in [-0.4, -0.2) is 45.8 Å². The van der Waals surface area contributed by atoms with Crippen LogP contribution in [0.5, 0.6) is 0 Å². The predicted molar refractivity (Wildman–Crippen MR) is 120 cm³/mol. The molecule has 0 bridgehead atoms. The normalized spacial score (nSPS) is 22.3. The van der Waals surface area contributed by atoms with Gasteiger partial charge in [-0.3, -0.25) is 19.8 Å². The lowest BCUT2D eigenvalue weighted by molar-refractivity contribution is -0.173. The molecule has 1 saturated heterocycles. The van der Waals surface area contributed by atoms with Crippen LogP contribution in [0.15, 0.2) is 48.7 Å². The Hall–Kier alpha value is -3.93. The van der Waals surface area contributed by atoms with Crippen LogP contribution in [0.1, 0.15) is 36.2 Å². The number of carbonyl (C=O) groups excluding carboxylic acids is 3. The molecule has 0 aliphatic carbocycles. The van der Waals surface area contributed by atoms with E-state index in [1.807, 2.05) is 18.2 Å². The van der Waals surface area contributed by atoms with E-state index in [-0.39, 0.29) is 24.2 Å². The number of hydrogen-bond donors (Lipinski definition) is 3. The molecule has 0 unspecified atom stereocenters. The standard InChI is InChI=1S/C23H21F3N6O3/c1-12-9-18(23(24,25)26)32-20(28-12)15(11-27-32)21(34)30-29-16-10-19(33)31(22(16)35)17-8-4-6-13-5-2-3-7-14(13)17/h2-8,11-12,16,18,28-29H,9-10H2,1H3,(H,30,34)/t12-,16+,18-/m0/s1. The zero-order valence-electron chi connectivity index (χ0n) is 18.5. The van der Waals surface area contributed by atoms with Crippen LogP contribution in [0.2, 0.25) is 0 Å². The number of anilines is 2. The number of rotatable bonds is 4. The van der Waals surface area contributed by atoms with Crippen molar-refractivity contribution in [3.63, 3.8) is 0 Å². The summed E-state index contributed by atoms with van der Waals surface area (Å²) in [5.41, 5.74) is 5.23. The van der Waals surface area contributed by atoms with Crippen molar-refractivity contribution in [3.05, 3.63) is 54.2 Å². The fourth-order valence-electron chi connectivity index (χ4n) is 4.53. The minimum Gasteiger partial charge on any atom is -0.367 e. The number of halogens is 3. The summed E-state index contributed by atoms with van der Waals surface area (Å²) < 4.78 is 41.1. The molecule has 3 atom stereocenters. The van der Waals surface area contributed by atoms with E-state index in [9.17, 15) is 27.6 Å². The molecule has 2 aliphatic rings. The Morgan fingerprint density at radius 2 is 1.89 bits per heavy atom. The molecule has 3 heterocycles. The lowest BCUT2D eigenvalue weighted by atomic mass is 10.1. The van der Waals surface area contributed by atoms with Crippen molar-refractivity contribution in [2.45, 2.75) is 44.1 Å². The number of amides is 3. The van der Waals surface area contributed by atoms with Crippen LogP contribution in [0.4, 0.5) is 24.7 Å². The van der Waals surface area contributed by atoms with Crippen molar-refractivity contribution >= 4 is 40.0 Å². The SMILES string of the molecule is C[C@H]1C[C@@H](C(F)(F)F)n2ncc(C(=O)NN[C@@H]3CC(=O)N(c4cccc5ccccc45)C3=O)c2N1. The van der Waals surface area contributed by atoms with Crippen molar-refractivity contribution in [2.24, 2.45) is 0 Å². The third kappa shape index (κ3) is 3.99. The summed E-state index contributed by atoms with van der Waals surface area (Å²) in [6.07, 6.45) is -3.90. The lowest BCUT2D eigenvalue weighted by Gasteiger charge is -2.32. The fraction of sp³-hybridized carbons (Fsp3) is 0.304. The van der Waals surface area contributed by atoms with Gasteiger partial charge in [0.15, 0.2) is 6.04 Å². The quantitative estimate of drug-likeness (QED) is 0.387. The van der Waals surface area contributed by atoms with Gasteiger partial charge in [0.05, 0.1) is 18.3 Å². The highest BCUT2D eigenvalue weighted by atomic mass is 19.4. The van der Waals surface area contributed by atoms with Crippen LogP contribution in [0.3, 0.4) is 0 Å². The maximum atomic E-state index is 13.4. The van der Waals surface area contributed by atoms with Gasteiger partial charge in [-0.15, -0.1) is 0 Å². The average molecular weight is 486 g/mol. The first-order valence-electron chi connectivity index (χ1n) is 11.0. The maximum Gasteiger partial charge on any atom is 0.410 e. The highest BCUT2D eigenvalue weighted by molar-refractivity contribution is 6.25. The van der Waals surface area contributed by atoms with Crippen LogP contribution < -0.4 is 21.1 Å². The Bertz CT molecular complexity index is 1330. The molecule has 3 amide bonds. The number of imide groups is 1. The van der Waals surface area contributed by atoms with Gasteiger partial charge in [0.1, 0.15) is 17.4 Å². The fourth-order valence-corrected chi connectivity index (χ4v) is 4.53. The molecule has 1 fully saturated rings. The summed E-state index contributed by atoms with van der Waals surface area (Å²) in [5.74, 6) is -1.83. The molecule has 3 N–H and O–H groups in total. The van der Waals surface area contributed by atoms with Crippen molar-refractivity contribution in [1.29, 1.82) is 0 Å². The third-order valence-electron chi connectivity index (χ3n) is 6.19. The number of hydrazine groups is 1. The van der Waals surface area contributed by atoms with Gasteiger partial charge < -0.3 is 5.32 Å². The van der Waals surface area contributed by atoms with Gasteiger partial charge in [0.2, 0.25) is 5.91 Å². The minimum atomic E-state index is -4.52. The number of nitrogens with zero attached hydrogens (tertiary/aromatic N) is 3. The van der Waals surface area contributed by atoms with Gasteiger partial charge >= 0.3 is 6.18 Å². The second-order valence-electron chi connectivity index (χ2n) is 8.61. The van der Waals surface area contributed by atoms with Crippen molar-refractivity contribution in [1.82, 2.24) is 20.6 Å². The highest BCUT2D eigenvalue weighted by Crippen LogP contribution is 2.40. The van der Waals surface area contributed by atoms with E-state index in [0.717, 1.165) is 26.6 Å². The van der Waals surface area contributed by atoms with E-state index in [4.69, 9.17) is 0 Å². The van der Waals surface area contributed by atoms with E-state index in [2.05, 4.69) is 21.3 Å². The summed E-state index contributed by atoms with van der Waals surface area (Å²) in [7, 11) is 0. The maximum absolute atomic E-state index is 13.4. The number of alkyl halides is 3. The van der Waals surface area contributed by atoms with Gasteiger partial charge in [0.25, 0.3) is 11.8 Å². The summed E-state index contributed by atoms with van der Waals surface area (Å²) in [5, 5.41) is 8.22. The van der Waals surface area contributed by atoms with Gasteiger partial charge in [-0.05, 0) is 24.8 Å². The largest absolute Gasteiger partial charge is 0.410 e. The molecule has 2 aromatic carbocycles. The van der Waals surface area contributed by atoms with Crippen molar-refractivity contribution in [3.8, 4) is 0 Å². The van der Waals surface area contributed by atoms with Crippen molar-refractivity contribution < 1.29 is 27.6 Å². The van der Waals surface area contributed by atoms with Crippen LogP contribution in [0.25, 0.3) is 10.8 Å². The van der Waals surface area contributed by atoms with Gasteiger partial charge in [-0.2, -0.15) is 18.3 Å². The number of aromatic nitrogens is 2. The molecular formula is C23H21F3N6O3. The van der Waals surface area contributed by atoms with Crippen LogP contribution in [0, 0.1) is 0 Å². The number of benzene rings is 2. The number of fused-ring (bicyclic) bond motifs is 2. The smallest absolute Gasteiger partial charge is 0.367 e. The zero-order valence-corrected chi connectivity index (χ0v) is 18.5. The zero-order chi connectivity index (χ0) is 24.9. The number of nitrogens with one attached hydrogen (secondary N) is 3. The van der Waals surface area contributed by atoms with E-state index in [1.165, 1.54) is 0 Å². The molecule has 35 heavy (non-hydrogen) atoms. The van der Waals surface area contributed by atoms with Crippen molar-refractivity contribution in [2.75, 3.05) is 10.2 Å². The monoisotopic (exact) mass is 486 g/mol. The molecule has 1 aromatic heterocycles. The topological polar surface area (TPSA) is 108 Å². The molecule has 9 nitrogen and oxygen atoms in total. The van der Waals surface area contributed by atoms with E-state index >= 15 is 0 Å². The Morgan fingerprint density at radius 1 is 1.14 bits per heavy atom. The molecule has 2 aliphatic heterocycles. The van der Waals surface area contributed by atoms with E-state index in [0.29, 0.717) is 5.69 Å². The van der Waals surface area contributed by atoms with Gasteiger partial charge in [0, 0.05) is 11.4 Å². The van der Waals surface area contributed by atoms with Crippen LogP contribution in [-0.2, 0) is 9.59 Å². The molecule has 12 heteroatoms. The summed E-state index contributed by atoms with van der Waals surface area (Å²) in [6.45, 7) is 1.58. The van der Waals surface area contributed by atoms with Gasteiger partial charge in [-0.1, -0.05) is 36.4 Å². The first-order chi connectivity index (χ1) is 16.6. The summed E-state index contributed by atoms with van der Waals surface area (Å²) >= 11 is 0. The number of carbonyl (C=O) groups is 3. The summed E-state index contributed by atoms with van der Waals surface area (Å²) in [4.78, 5) is 39.5. The van der Waals surface area contributed by atoms with Gasteiger partial charge in [-0.25, -0.2) is 15.0 Å². The summed E-state index contributed by atoms with van der Waals surface area (Å²) in [6, 6.07) is 9.17. The van der Waals surface area contributed by atoms with E-state index in [1.54, 1.807) is 31.2 Å².